The highest BCUT2D eigenvalue weighted by Gasteiger charge is 2.34. The van der Waals surface area contributed by atoms with Crippen LogP contribution in [0.25, 0.3) is 10.8 Å². The molecule has 200 valence electrons. The quantitative estimate of drug-likeness (QED) is 0.409. The van der Waals surface area contributed by atoms with Gasteiger partial charge in [-0.1, -0.05) is 30.3 Å². The fraction of sp³-hybridized carbons (Fsp3) is 0.400. The molecule has 0 spiro atoms. The first-order chi connectivity index (χ1) is 18.5. The predicted molar refractivity (Wildman–Crippen MR) is 144 cm³/mol. The molecule has 8 heteroatoms. The lowest BCUT2D eigenvalue weighted by Gasteiger charge is -2.36. The van der Waals surface area contributed by atoms with E-state index in [-0.39, 0.29) is 24.3 Å². The number of rotatable bonds is 10. The first-order valence-corrected chi connectivity index (χ1v) is 13.1. The van der Waals surface area contributed by atoms with Crippen LogP contribution in [0.3, 0.4) is 0 Å². The first-order valence-electron chi connectivity index (χ1n) is 13.1. The summed E-state index contributed by atoms with van der Waals surface area (Å²) in [5.74, 6) is 1.14. The van der Waals surface area contributed by atoms with Crippen LogP contribution < -0.4 is 9.47 Å². The van der Waals surface area contributed by atoms with Crippen molar-refractivity contribution < 1.29 is 28.9 Å². The number of imide groups is 1. The van der Waals surface area contributed by atoms with E-state index in [4.69, 9.17) is 14.2 Å². The number of ether oxygens (including phenoxy) is 3. The topological polar surface area (TPSA) is 88.5 Å². The molecule has 0 radical (unpaired) electrons. The Labute approximate surface area is 222 Å². The lowest BCUT2D eigenvalue weighted by atomic mass is 9.91. The lowest BCUT2D eigenvalue weighted by molar-refractivity contribution is 0.00356. The maximum absolute atomic E-state index is 13.2. The van der Waals surface area contributed by atoms with Gasteiger partial charge in [-0.25, -0.2) is 0 Å². The van der Waals surface area contributed by atoms with E-state index in [0.29, 0.717) is 42.3 Å². The zero-order valence-corrected chi connectivity index (χ0v) is 21.9. The molecule has 1 fully saturated rings. The average molecular weight is 519 g/mol. The number of hydrogen-bond donors (Lipinski definition) is 1. The van der Waals surface area contributed by atoms with Gasteiger partial charge in [0.2, 0.25) is 0 Å². The van der Waals surface area contributed by atoms with Gasteiger partial charge in [-0.2, -0.15) is 0 Å². The van der Waals surface area contributed by atoms with E-state index in [2.05, 4.69) is 4.90 Å². The van der Waals surface area contributed by atoms with E-state index >= 15 is 0 Å². The van der Waals surface area contributed by atoms with Crippen LogP contribution in [0.15, 0.2) is 54.6 Å². The maximum atomic E-state index is 13.2. The molecule has 1 saturated heterocycles. The second kappa shape index (κ2) is 11.5. The van der Waals surface area contributed by atoms with Gasteiger partial charge in [0, 0.05) is 29.6 Å². The Balaban J connectivity index is 1.09. The molecule has 1 N–H and O–H groups in total. The van der Waals surface area contributed by atoms with E-state index in [1.807, 2.05) is 54.6 Å². The number of carbonyl (C=O) groups is 2. The monoisotopic (exact) mass is 518 g/mol. The highest BCUT2D eigenvalue weighted by Crippen LogP contribution is 2.31. The average Bonchev–Trinajstić information content (AvgIpc) is 2.94. The second-order valence-electron chi connectivity index (χ2n) is 10.0. The third-order valence-corrected chi connectivity index (χ3v) is 7.50. The van der Waals surface area contributed by atoms with Crippen molar-refractivity contribution in [3.05, 3.63) is 71.3 Å². The molecule has 5 rings (SSSR count). The van der Waals surface area contributed by atoms with Crippen molar-refractivity contribution in [2.75, 3.05) is 47.0 Å². The van der Waals surface area contributed by atoms with Crippen LogP contribution in [0.5, 0.6) is 11.5 Å². The third-order valence-electron chi connectivity index (χ3n) is 7.50. The fourth-order valence-electron chi connectivity index (χ4n) is 5.49. The van der Waals surface area contributed by atoms with E-state index in [9.17, 15) is 14.7 Å². The summed E-state index contributed by atoms with van der Waals surface area (Å²) in [5.41, 5.74) is 2.15. The molecule has 1 atom stereocenters. The van der Waals surface area contributed by atoms with Gasteiger partial charge >= 0.3 is 0 Å². The van der Waals surface area contributed by atoms with Crippen molar-refractivity contribution in [3.8, 4) is 11.5 Å². The summed E-state index contributed by atoms with van der Waals surface area (Å²) in [6.07, 6.45) is 1.12. The number of aliphatic hydroxyl groups is 1. The van der Waals surface area contributed by atoms with Gasteiger partial charge in [-0.15, -0.1) is 0 Å². The van der Waals surface area contributed by atoms with Gasteiger partial charge in [-0.05, 0) is 67.1 Å². The Morgan fingerprint density at radius 1 is 0.921 bits per heavy atom. The van der Waals surface area contributed by atoms with E-state index < -0.39 is 6.10 Å². The van der Waals surface area contributed by atoms with Crippen LogP contribution in [0, 0.1) is 5.92 Å². The van der Waals surface area contributed by atoms with Gasteiger partial charge in [0.1, 0.15) is 0 Å². The summed E-state index contributed by atoms with van der Waals surface area (Å²) in [6, 6.07) is 16.8. The number of nitrogens with zero attached hydrogens (tertiary/aromatic N) is 2. The smallest absolute Gasteiger partial charge is 0.261 e. The Bertz CT molecular complexity index is 1270. The Morgan fingerprint density at radius 3 is 2.21 bits per heavy atom. The summed E-state index contributed by atoms with van der Waals surface area (Å²) in [4.78, 5) is 30.0. The maximum Gasteiger partial charge on any atom is 0.261 e. The van der Waals surface area contributed by atoms with E-state index in [1.54, 1.807) is 14.2 Å². The summed E-state index contributed by atoms with van der Waals surface area (Å²) < 4.78 is 16.3. The molecular weight excluding hydrogens is 484 g/mol. The number of piperidine rings is 1. The number of amides is 2. The standard InChI is InChI=1S/C30H34N2O6/c1-36-26-10-9-21(15-27(26)37-2)18-38-19-23(33)17-31-13-11-20(12-14-31)16-32-29(34)24-7-3-5-22-6-4-8-25(28(22)24)30(32)35/h3-10,15,20,23,33H,11-14,16-19H2,1-2H3/t23-/m1/s1. The Hall–Kier alpha value is -3.46. The lowest BCUT2D eigenvalue weighted by Crippen LogP contribution is -2.46. The number of β-amino-alcohol motifs (C(OH)–C–C–N with tert-alkyl or cyclic N) is 1. The first kappa shape index (κ1) is 26.2. The normalized spacial score (nSPS) is 17.2. The Kier molecular flexibility index (Phi) is 7.93. The van der Waals surface area contributed by atoms with Crippen molar-refractivity contribution in [3.63, 3.8) is 0 Å². The van der Waals surface area contributed by atoms with Crippen molar-refractivity contribution in [2.24, 2.45) is 5.92 Å². The fourth-order valence-corrected chi connectivity index (χ4v) is 5.49. The molecule has 2 aliphatic rings. The highest BCUT2D eigenvalue weighted by molar-refractivity contribution is 6.25. The van der Waals surface area contributed by atoms with Crippen LogP contribution >= 0.6 is 0 Å². The molecule has 8 nitrogen and oxygen atoms in total. The van der Waals surface area contributed by atoms with Crippen LogP contribution in [0.1, 0.15) is 39.1 Å². The predicted octanol–water partition coefficient (Wildman–Crippen LogP) is 3.74. The zero-order valence-electron chi connectivity index (χ0n) is 21.9. The van der Waals surface area contributed by atoms with E-state index in [1.165, 1.54) is 4.90 Å². The molecule has 0 aliphatic carbocycles. The number of aliphatic hydroxyl groups excluding tert-OH is 1. The van der Waals surface area contributed by atoms with Gasteiger partial charge in [0.25, 0.3) is 11.8 Å². The number of carbonyl (C=O) groups excluding carboxylic acids is 2. The molecule has 2 aliphatic heterocycles. The van der Waals surface area contributed by atoms with Crippen molar-refractivity contribution >= 4 is 22.6 Å². The number of hydrogen-bond acceptors (Lipinski definition) is 7. The van der Waals surface area contributed by atoms with Crippen molar-refractivity contribution in [1.82, 2.24) is 9.80 Å². The Morgan fingerprint density at radius 2 is 1.58 bits per heavy atom. The molecule has 0 aromatic heterocycles. The molecule has 0 unspecified atom stereocenters. The largest absolute Gasteiger partial charge is 0.493 e. The third kappa shape index (κ3) is 5.38. The van der Waals surface area contributed by atoms with Crippen LogP contribution in [0.4, 0.5) is 0 Å². The highest BCUT2D eigenvalue weighted by atomic mass is 16.5. The zero-order chi connectivity index (χ0) is 26.6. The minimum Gasteiger partial charge on any atom is -0.493 e. The van der Waals surface area contributed by atoms with Crippen LogP contribution in [-0.2, 0) is 11.3 Å². The molecule has 2 amide bonds. The summed E-state index contributed by atoms with van der Waals surface area (Å²) in [6.45, 7) is 3.16. The molecule has 3 aromatic carbocycles. The summed E-state index contributed by atoms with van der Waals surface area (Å²) >= 11 is 0. The molecule has 0 saturated carbocycles. The molecular formula is C30H34N2O6. The van der Waals surface area contributed by atoms with E-state index in [0.717, 1.165) is 42.3 Å². The minimum absolute atomic E-state index is 0.205. The van der Waals surface area contributed by atoms with Crippen molar-refractivity contribution in [2.45, 2.75) is 25.6 Å². The minimum atomic E-state index is -0.603. The van der Waals surface area contributed by atoms with Crippen molar-refractivity contribution in [1.29, 1.82) is 0 Å². The van der Waals surface area contributed by atoms with Gasteiger partial charge in [0.15, 0.2) is 11.5 Å². The van der Waals surface area contributed by atoms with Gasteiger partial charge in [-0.3, -0.25) is 14.5 Å². The summed E-state index contributed by atoms with van der Waals surface area (Å²) in [7, 11) is 3.19. The second-order valence-corrected chi connectivity index (χ2v) is 10.0. The number of benzene rings is 3. The number of methoxy groups -OCH3 is 2. The molecule has 2 heterocycles. The van der Waals surface area contributed by atoms with Gasteiger partial charge < -0.3 is 24.2 Å². The summed E-state index contributed by atoms with van der Waals surface area (Å²) in [5, 5.41) is 12.2. The molecule has 38 heavy (non-hydrogen) atoms. The molecule has 0 bridgehead atoms. The number of likely N-dealkylation sites (tertiary alicyclic amines) is 1. The van der Waals surface area contributed by atoms with Crippen LogP contribution in [-0.4, -0.2) is 79.8 Å². The van der Waals surface area contributed by atoms with Gasteiger partial charge in [0.05, 0.1) is 33.5 Å². The van der Waals surface area contributed by atoms with Crippen LogP contribution in [0.2, 0.25) is 0 Å². The molecule has 3 aromatic rings. The SMILES string of the molecule is COc1ccc(COC[C@H](O)CN2CCC(CN3C(=O)c4cccc5cccc(c45)C3=O)CC2)cc1OC.